The van der Waals surface area contributed by atoms with Gasteiger partial charge in [0.05, 0.1) is 0 Å². The van der Waals surface area contributed by atoms with Crippen LogP contribution >= 0.6 is 0 Å². The predicted molar refractivity (Wildman–Crippen MR) is 64.6 cm³/mol. The first-order chi connectivity index (χ1) is 8.36. The second-order valence-electron chi connectivity index (χ2n) is 4.04. The molecule has 0 aromatic rings. The lowest BCUT2D eigenvalue weighted by Gasteiger charge is -2.21. The van der Waals surface area contributed by atoms with Crippen molar-refractivity contribution in [2.75, 3.05) is 6.61 Å². The minimum absolute atomic E-state index is 0.320. The van der Waals surface area contributed by atoms with Crippen LogP contribution in [0.4, 0.5) is 0 Å². The van der Waals surface area contributed by atoms with Crippen LogP contribution < -0.4 is 0 Å². The minimum atomic E-state index is -1.50. The van der Waals surface area contributed by atoms with E-state index in [1.807, 2.05) is 0 Å². The molecule has 18 heavy (non-hydrogen) atoms. The Morgan fingerprint density at radius 3 is 1.89 bits per heavy atom. The number of hydrogen-bond donors (Lipinski definition) is 2. The van der Waals surface area contributed by atoms with Gasteiger partial charge in [-0.15, -0.1) is 10.1 Å². The molecule has 0 aromatic carbocycles. The first-order valence-corrected chi connectivity index (χ1v) is 5.95. The number of hydrogen-bond acceptors (Lipinski definition) is 5. The molecule has 0 amide bonds. The van der Waals surface area contributed by atoms with Crippen LogP contribution in [0.1, 0.15) is 52.4 Å². The summed E-state index contributed by atoms with van der Waals surface area (Å²) in [5.74, 6) is 0. The average molecular weight is 266 g/mol. The van der Waals surface area contributed by atoms with E-state index in [1.165, 1.54) is 0 Å². The van der Waals surface area contributed by atoms with Crippen molar-refractivity contribution in [2.45, 2.75) is 57.9 Å². The Morgan fingerprint density at radius 2 is 1.61 bits per heavy atom. The summed E-state index contributed by atoms with van der Waals surface area (Å²) in [6.45, 7) is 3.52. The highest BCUT2D eigenvalue weighted by Gasteiger charge is 2.39. The third kappa shape index (κ3) is 8.68. The Labute approximate surface area is 106 Å². The zero-order valence-corrected chi connectivity index (χ0v) is 10.9. The molecule has 0 fully saturated rings. The molecule has 0 radical (unpaired) electrons. The minimum Gasteiger partial charge on any atom is -0.389 e. The van der Waals surface area contributed by atoms with E-state index in [0.29, 0.717) is 12.8 Å². The lowest BCUT2D eigenvalue weighted by Crippen LogP contribution is -2.41. The van der Waals surface area contributed by atoms with Crippen molar-refractivity contribution in [1.29, 1.82) is 0 Å². The molecule has 0 aromatic heterocycles. The maximum atomic E-state index is 10.8. The molecule has 1 atom stereocenters. The maximum absolute atomic E-state index is 10.8. The molecule has 0 saturated heterocycles. The number of unbranched alkanes of at least 4 members (excludes halogenated alkanes) is 3. The molecule has 0 heterocycles. The molecule has 8 heteroatoms. The molecule has 0 bridgehead atoms. The molecule has 8 nitrogen and oxygen atoms in total. The van der Waals surface area contributed by atoms with E-state index in [4.69, 9.17) is 20.4 Å². The van der Waals surface area contributed by atoms with Gasteiger partial charge in [0.1, 0.15) is 6.61 Å². The monoisotopic (exact) mass is 266 g/mol. The molecule has 108 valence electrons. The normalized spacial score (nSPS) is 13.1. The molecule has 0 spiro atoms. The summed E-state index contributed by atoms with van der Waals surface area (Å²) in [4.78, 5) is 18.8. The van der Waals surface area contributed by atoms with Crippen LogP contribution in [0.3, 0.4) is 0 Å². The van der Waals surface area contributed by atoms with Crippen LogP contribution in [0.15, 0.2) is 0 Å². The second kappa shape index (κ2) is 10.7. The van der Waals surface area contributed by atoms with Crippen molar-refractivity contribution in [3.8, 4) is 0 Å². The third-order valence-electron chi connectivity index (χ3n) is 2.84. The smallest absolute Gasteiger partial charge is 0.291 e. The molecule has 1 unspecified atom stereocenters. The number of rotatable bonds is 8. The van der Waals surface area contributed by atoms with Crippen molar-refractivity contribution in [1.82, 2.24) is 0 Å². The Bertz CT molecular complexity index is 239. The van der Waals surface area contributed by atoms with E-state index in [1.54, 1.807) is 6.92 Å². The summed E-state index contributed by atoms with van der Waals surface area (Å²) in [5, 5.41) is 33.5. The highest BCUT2D eigenvalue weighted by Crippen LogP contribution is 2.22. The Balaban J connectivity index is 0. The van der Waals surface area contributed by atoms with Crippen molar-refractivity contribution in [3.05, 3.63) is 20.2 Å². The zero-order chi connectivity index (χ0) is 14.6. The zero-order valence-electron chi connectivity index (χ0n) is 10.9. The molecular weight excluding hydrogens is 244 g/mol. The Morgan fingerprint density at radius 1 is 1.11 bits per heavy atom. The van der Waals surface area contributed by atoms with E-state index in [2.05, 4.69) is 6.92 Å². The highest BCUT2D eigenvalue weighted by molar-refractivity contribution is 4.76. The number of aliphatic hydroxyl groups excluding tert-OH is 1. The summed E-state index contributed by atoms with van der Waals surface area (Å²) in [5.41, 5.74) is -1.09. The van der Waals surface area contributed by atoms with Crippen molar-refractivity contribution >= 4 is 0 Å². The van der Waals surface area contributed by atoms with Gasteiger partial charge in [0.2, 0.25) is 5.54 Å². The lowest BCUT2D eigenvalue weighted by molar-refractivity contribution is -0.742. The van der Waals surface area contributed by atoms with Crippen molar-refractivity contribution in [2.24, 2.45) is 0 Å². The number of nitrogens with zero attached hydrogens (tertiary/aromatic N) is 2. The van der Waals surface area contributed by atoms with Gasteiger partial charge in [0.25, 0.3) is 5.09 Å². The van der Waals surface area contributed by atoms with Gasteiger partial charge in [0.15, 0.2) is 0 Å². The van der Waals surface area contributed by atoms with Crippen LogP contribution in [0.2, 0.25) is 0 Å². The topological polar surface area (TPSA) is 127 Å². The van der Waals surface area contributed by atoms with E-state index < -0.39 is 10.6 Å². The highest BCUT2D eigenvalue weighted by atomic mass is 16.9. The van der Waals surface area contributed by atoms with Gasteiger partial charge in [0, 0.05) is 17.8 Å². The van der Waals surface area contributed by atoms with Gasteiger partial charge in [-0.1, -0.05) is 33.1 Å². The summed E-state index contributed by atoms with van der Waals surface area (Å²) in [7, 11) is 0. The van der Waals surface area contributed by atoms with Crippen LogP contribution in [0.5, 0.6) is 0 Å². The number of nitro groups is 1. The molecule has 2 N–H and O–H groups in total. The van der Waals surface area contributed by atoms with Gasteiger partial charge < -0.3 is 10.3 Å². The Kier molecular flexibility index (Phi) is 11.2. The summed E-state index contributed by atoms with van der Waals surface area (Å²) >= 11 is 0. The lowest BCUT2D eigenvalue weighted by atomic mass is 9.91. The van der Waals surface area contributed by atoms with Gasteiger partial charge in [-0.3, -0.25) is 10.1 Å². The van der Waals surface area contributed by atoms with Crippen LogP contribution in [-0.2, 0) is 0 Å². The molecular formula is C10H22N2O6. The molecule has 0 aliphatic heterocycles. The van der Waals surface area contributed by atoms with Gasteiger partial charge in [-0.05, 0) is 6.42 Å². The predicted octanol–water partition coefficient (Wildman–Crippen LogP) is 2.03. The van der Waals surface area contributed by atoms with Crippen molar-refractivity contribution in [3.63, 3.8) is 0 Å². The van der Waals surface area contributed by atoms with E-state index in [9.17, 15) is 10.1 Å². The Hall–Kier alpha value is -1.44. The van der Waals surface area contributed by atoms with Gasteiger partial charge in [-0.25, -0.2) is 0 Å². The molecule has 0 aliphatic carbocycles. The van der Waals surface area contributed by atoms with Crippen LogP contribution in [0.25, 0.3) is 0 Å². The fourth-order valence-corrected chi connectivity index (χ4v) is 1.53. The first-order valence-electron chi connectivity index (χ1n) is 5.95. The van der Waals surface area contributed by atoms with Crippen LogP contribution in [0, 0.1) is 20.2 Å². The standard InChI is InChI=1S/C10H21NO3.HNO3/c1-3-5-6-7-8-10(4-2,9-12)11(13)14;2-1(3)4/h12H,3-9H2,1-2H3;(H,2,3,4). The SMILES string of the molecule is CCCCCCC(CC)(CO)[N+](=O)[O-].O=[N+]([O-])O. The third-order valence-corrected chi connectivity index (χ3v) is 2.84. The molecule has 0 rings (SSSR count). The summed E-state index contributed by atoms with van der Waals surface area (Å²) < 4.78 is 0. The van der Waals surface area contributed by atoms with Crippen molar-refractivity contribution < 1.29 is 20.3 Å². The number of aliphatic hydroxyl groups is 1. The quantitative estimate of drug-likeness (QED) is 0.393. The molecule has 0 saturated carbocycles. The van der Waals surface area contributed by atoms with Crippen LogP contribution in [-0.4, -0.2) is 32.5 Å². The van der Waals surface area contributed by atoms with Gasteiger partial charge in [-0.2, -0.15) is 0 Å². The summed E-state index contributed by atoms with van der Waals surface area (Å²) in [6, 6.07) is 0. The van der Waals surface area contributed by atoms with E-state index in [-0.39, 0.29) is 11.5 Å². The summed E-state index contributed by atoms with van der Waals surface area (Å²) in [6.07, 6.45) is 4.99. The van der Waals surface area contributed by atoms with E-state index in [0.717, 1.165) is 25.7 Å². The van der Waals surface area contributed by atoms with E-state index >= 15 is 0 Å². The van der Waals surface area contributed by atoms with Gasteiger partial charge >= 0.3 is 0 Å². The first kappa shape index (κ1) is 18.9. The fourth-order valence-electron chi connectivity index (χ4n) is 1.53. The average Bonchev–Trinajstić information content (AvgIpc) is 2.29. The largest absolute Gasteiger partial charge is 0.389 e. The maximum Gasteiger partial charge on any atom is 0.291 e. The molecule has 0 aliphatic rings. The fraction of sp³-hybridized carbons (Fsp3) is 1.00. The second-order valence-corrected chi connectivity index (χ2v) is 4.04.